The van der Waals surface area contributed by atoms with Crippen molar-refractivity contribution in [2.75, 3.05) is 47.5 Å². The first-order chi connectivity index (χ1) is 49.1. The molecule has 0 saturated carbocycles. The summed E-state index contributed by atoms with van der Waals surface area (Å²) in [6, 6.07) is 0. The number of carboxylic acid groups (broad SMARTS) is 1. The maximum Gasteiger partial charge on any atom is 0.361 e. The highest BCUT2D eigenvalue weighted by Crippen LogP contribution is 2.21. The Labute approximate surface area is 623 Å². The van der Waals surface area contributed by atoms with Gasteiger partial charge in [-0.3, -0.25) is 9.59 Å². The van der Waals surface area contributed by atoms with Crippen LogP contribution in [0.5, 0.6) is 0 Å². The van der Waals surface area contributed by atoms with E-state index in [9.17, 15) is 19.5 Å². The van der Waals surface area contributed by atoms with Gasteiger partial charge in [0.25, 0.3) is 6.29 Å². The molecule has 0 aliphatic heterocycles. The molecule has 2 unspecified atom stereocenters. The molecular weight excluding hydrogens is 1230 g/mol. The van der Waals surface area contributed by atoms with Gasteiger partial charge in [-0.25, -0.2) is 4.79 Å². The van der Waals surface area contributed by atoms with E-state index in [0.717, 1.165) is 64.2 Å². The lowest BCUT2D eigenvalue weighted by atomic mass is 10.0. The van der Waals surface area contributed by atoms with E-state index in [1.165, 1.54) is 366 Å². The molecule has 0 spiro atoms. The van der Waals surface area contributed by atoms with Gasteiger partial charge in [0, 0.05) is 12.8 Å². The van der Waals surface area contributed by atoms with E-state index in [4.69, 9.17) is 18.9 Å². The van der Waals surface area contributed by atoms with E-state index in [1.807, 2.05) is 21.1 Å². The van der Waals surface area contributed by atoms with Crippen LogP contribution in [-0.2, 0) is 33.3 Å². The Bertz CT molecular complexity index is 1790. The molecule has 9 heteroatoms. The average Bonchev–Trinajstić information content (AvgIpc) is 1.14. The zero-order chi connectivity index (χ0) is 72.5. The standard InChI is InChI=1S/C91H171NO8/c1-6-8-10-12-14-16-18-20-22-24-26-28-30-32-34-36-38-40-42-44-46-47-49-51-53-55-57-59-61-63-65-67-69-71-73-75-77-79-81-88(93)98-85-87(86-99-91(90(95)96)97-84-83-92(3,4)5)100-89(94)82-80-78-76-74-72-70-68-66-64-62-60-58-56-54-52-50-48-45-43-41-39-37-35-33-31-29-27-25-23-21-19-17-15-13-11-9-7-2/h9,11,15,17,21,23,27,29,87,91H,6-8,10,12-14,16,18-20,22,24-26,28,30-86H2,1-5H3/p+1/b11-9-,17-15-,23-21-,29-27-. The number of rotatable bonds is 84. The molecule has 0 aromatic heterocycles. The third-order valence-electron chi connectivity index (χ3n) is 20.3. The van der Waals surface area contributed by atoms with E-state index in [2.05, 4.69) is 62.5 Å². The number of quaternary nitrogens is 1. The van der Waals surface area contributed by atoms with E-state index in [-0.39, 0.29) is 38.2 Å². The van der Waals surface area contributed by atoms with Gasteiger partial charge < -0.3 is 28.5 Å². The summed E-state index contributed by atoms with van der Waals surface area (Å²) in [6.45, 7) is 4.86. The highest BCUT2D eigenvalue weighted by Gasteiger charge is 2.25. The number of carboxylic acids is 1. The number of hydrogen-bond acceptors (Lipinski definition) is 7. The van der Waals surface area contributed by atoms with Gasteiger partial charge in [-0.05, 0) is 51.4 Å². The number of aliphatic carboxylic acids is 1. The molecule has 0 fully saturated rings. The van der Waals surface area contributed by atoms with Gasteiger partial charge in [-0.15, -0.1) is 0 Å². The second-order valence-electron chi connectivity index (χ2n) is 31.5. The quantitative estimate of drug-likeness (QED) is 0.0211. The monoisotopic (exact) mass is 1410 g/mol. The molecule has 100 heavy (non-hydrogen) atoms. The Morgan fingerprint density at radius 1 is 0.310 bits per heavy atom. The Kier molecular flexibility index (Phi) is 79.7. The van der Waals surface area contributed by atoms with E-state index < -0.39 is 18.4 Å². The summed E-state index contributed by atoms with van der Waals surface area (Å²) >= 11 is 0. The van der Waals surface area contributed by atoms with Crippen LogP contribution in [0, 0.1) is 0 Å². The molecule has 0 bridgehead atoms. The van der Waals surface area contributed by atoms with Crippen LogP contribution < -0.4 is 0 Å². The number of carbonyl (C=O) groups is 3. The maximum absolute atomic E-state index is 13.0. The van der Waals surface area contributed by atoms with Gasteiger partial charge >= 0.3 is 17.9 Å². The molecule has 0 aliphatic rings. The minimum absolute atomic E-state index is 0.175. The summed E-state index contributed by atoms with van der Waals surface area (Å²) in [5.74, 6) is -1.97. The van der Waals surface area contributed by atoms with Gasteiger partial charge in [0.05, 0.1) is 34.4 Å². The molecule has 0 rings (SSSR count). The molecule has 0 amide bonds. The minimum atomic E-state index is -1.51. The Morgan fingerprint density at radius 2 is 0.570 bits per heavy atom. The van der Waals surface area contributed by atoms with Crippen molar-refractivity contribution in [1.29, 1.82) is 0 Å². The molecule has 0 aromatic rings. The van der Waals surface area contributed by atoms with Gasteiger partial charge in [0.1, 0.15) is 13.2 Å². The normalized spacial score (nSPS) is 12.8. The number of hydrogen-bond donors (Lipinski definition) is 1. The lowest BCUT2D eigenvalue weighted by Gasteiger charge is -2.25. The van der Waals surface area contributed by atoms with E-state index >= 15 is 0 Å². The van der Waals surface area contributed by atoms with Gasteiger partial charge in [0.2, 0.25) is 0 Å². The molecule has 0 radical (unpaired) electrons. The van der Waals surface area contributed by atoms with E-state index in [0.29, 0.717) is 17.4 Å². The number of ether oxygens (including phenoxy) is 4. The van der Waals surface area contributed by atoms with Crippen molar-refractivity contribution >= 4 is 17.9 Å². The molecule has 0 saturated heterocycles. The van der Waals surface area contributed by atoms with Crippen LogP contribution >= 0.6 is 0 Å². The van der Waals surface area contributed by atoms with Crippen molar-refractivity contribution in [3.8, 4) is 0 Å². The van der Waals surface area contributed by atoms with Crippen molar-refractivity contribution < 1.29 is 42.9 Å². The van der Waals surface area contributed by atoms with Crippen LogP contribution in [0.15, 0.2) is 48.6 Å². The van der Waals surface area contributed by atoms with Crippen molar-refractivity contribution in [2.24, 2.45) is 0 Å². The smallest absolute Gasteiger partial charge is 0.361 e. The number of carbonyl (C=O) groups excluding carboxylic acids is 2. The molecule has 9 nitrogen and oxygen atoms in total. The lowest BCUT2D eigenvalue weighted by molar-refractivity contribution is -0.870. The Hall–Kier alpha value is -2.75. The lowest BCUT2D eigenvalue weighted by Crippen LogP contribution is -2.40. The molecular formula is C91H172NO8+. The first-order valence-corrected chi connectivity index (χ1v) is 44.3. The minimum Gasteiger partial charge on any atom is -0.477 e. The van der Waals surface area contributed by atoms with Crippen molar-refractivity contribution in [3.63, 3.8) is 0 Å². The number of nitrogens with zero attached hydrogens (tertiary/aromatic N) is 1. The van der Waals surface area contributed by atoms with Crippen molar-refractivity contribution in [1.82, 2.24) is 0 Å². The summed E-state index contributed by atoms with van der Waals surface area (Å²) in [4.78, 5) is 37.8. The summed E-state index contributed by atoms with van der Waals surface area (Å²) < 4.78 is 23.1. The SMILES string of the molecule is CC/C=C\C/C=C\C/C=C\C/C=C\CCCCCCCCCCCCCCCCCCCCCCCCCCC(=O)OC(COC(=O)CCCCCCCCCCCCCCCCCCCCCCCCCCCCCCCCCCCCCCCC)COC(OCC[N+](C)(C)C)C(=O)O. The van der Waals surface area contributed by atoms with Crippen LogP contribution in [0.2, 0.25) is 0 Å². The fourth-order valence-electron chi connectivity index (χ4n) is 13.7. The predicted octanol–water partition coefficient (Wildman–Crippen LogP) is 28.8. The summed E-state index contributed by atoms with van der Waals surface area (Å²) in [5.41, 5.74) is 0. The largest absolute Gasteiger partial charge is 0.477 e. The highest BCUT2D eigenvalue weighted by molar-refractivity contribution is 5.71. The summed E-state index contributed by atoms with van der Waals surface area (Å²) in [5, 5.41) is 9.79. The van der Waals surface area contributed by atoms with Crippen molar-refractivity contribution in [2.45, 2.75) is 469 Å². The summed E-state index contributed by atoms with van der Waals surface area (Å²) in [7, 11) is 6.01. The number of likely N-dealkylation sites (N-methyl/N-ethyl adjacent to an activating group) is 1. The molecule has 1 N–H and O–H groups in total. The first-order valence-electron chi connectivity index (χ1n) is 44.3. The third kappa shape index (κ3) is 82.5. The fraction of sp³-hybridized carbons (Fsp3) is 0.879. The van der Waals surface area contributed by atoms with Crippen LogP contribution in [0.4, 0.5) is 0 Å². The van der Waals surface area contributed by atoms with Crippen molar-refractivity contribution in [3.05, 3.63) is 48.6 Å². The van der Waals surface area contributed by atoms with Gasteiger partial charge in [-0.2, -0.15) is 0 Å². The van der Waals surface area contributed by atoms with Crippen LogP contribution in [0.3, 0.4) is 0 Å². The second-order valence-corrected chi connectivity index (χ2v) is 31.5. The van der Waals surface area contributed by atoms with Gasteiger partial charge in [0.15, 0.2) is 6.10 Å². The molecule has 588 valence electrons. The van der Waals surface area contributed by atoms with Crippen LogP contribution in [-0.4, -0.2) is 87.4 Å². The molecule has 0 aliphatic carbocycles. The van der Waals surface area contributed by atoms with Crippen LogP contribution in [0.25, 0.3) is 0 Å². The predicted molar refractivity (Wildman–Crippen MR) is 434 cm³/mol. The number of esters is 2. The molecule has 2 atom stereocenters. The zero-order valence-corrected chi connectivity index (χ0v) is 67.6. The highest BCUT2D eigenvalue weighted by atomic mass is 16.7. The Balaban J connectivity index is 3.90. The topological polar surface area (TPSA) is 108 Å². The summed E-state index contributed by atoms with van der Waals surface area (Å²) in [6.07, 6.45) is 106. The Morgan fingerprint density at radius 3 is 0.850 bits per heavy atom. The number of allylic oxidation sites excluding steroid dienone is 8. The second kappa shape index (κ2) is 81.9. The average molecular weight is 1410 g/mol. The fourth-order valence-corrected chi connectivity index (χ4v) is 13.7. The number of unbranched alkanes of at least 4 members (excludes halogenated alkanes) is 61. The van der Waals surface area contributed by atoms with E-state index in [1.54, 1.807) is 0 Å². The van der Waals surface area contributed by atoms with Gasteiger partial charge in [-0.1, -0.05) is 441 Å². The van der Waals surface area contributed by atoms with Crippen LogP contribution in [0.1, 0.15) is 457 Å². The maximum atomic E-state index is 13.0. The molecule has 0 heterocycles. The first kappa shape index (κ1) is 97.2. The zero-order valence-electron chi connectivity index (χ0n) is 67.6. The third-order valence-corrected chi connectivity index (χ3v) is 20.3. The molecule has 0 aromatic carbocycles.